The Morgan fingerprint density at radius 2 is 1.73 bits per heavy atom. The summed E-state index contributed by atoms with van der Waals surface area (Å²) in [5, 5.41) is 14.2. The van der Waals surface area contributed by atoms with Crippen LogP contribution in [-0.2, 0) is 0 Å². The molecule has 1 aliphatic rings. The van der Waals surface area contributed by atoms with E-state index >= 15 is 0 Å². The molecule has 0 saturated heterocycles. The molecule has 0 bridgehead atoms. The van der Waals surface area contributed by atoms with Crippen molar-refractivity contribution in [1.29, 1.82) is 0 Å². The van der Waals surface area contributed by atoms with Crippen LogP contribution >= 0.6 is 0 Å². The van der Waals surface area contributed by atoms with Gasteiger partial charge in [-0.15, -0.1) is 0 Å². The number of amides is 1. The quantitative estimate of drug-likeness (QED) is 0.494. The third-order valence-corrected chi connectivity index (χ3v) is 4.88. The molecule has 30 heavy (non-hydrogen) atoms. The monoisotopic (exact) mass is 401 g/mol. The molecule has 150 valence electrons. The van der Waals surface area contributed by atoms with E-state index in [4.69, 9.17) is 4.74 Å². The van der Waals surface area contributed by atoms with Gasteiger partial charge in [-0.05, 0) is 48.0 Å². The Hall–Kier alpha value is -4.13. The summed E-state index contributed by atoms with van der Waals surface area (Å²) in [6.07, 6.45) is 3.20. The SMILES string of the molecule is COc1ccccc1N1C(=O)c2ccccc2N[C@@H]1/C=C\c1ccc([N+](=O)[O-])cc1. The van der Waals surface area contributed by atoms with Gasteiger partial charge in [0.25, 0.3) is 11.6 Å². The second kappa shape index (κ2) is 8.08. The molecule has 1 heterocycles. The van der Waals surface area contributed by atoms with Gasteiger partial charge < -0.3 is 10.1 Å². The minimum absolute atomic E-state index is 0.0303. The van der Waals surface area contributed by atoms with E-state index in [0.717, 1.165) is 11.3 Å². The maximum Gasteiger partial charge on any atom is 0.269 e. The Kier molecular flexibility index (Phi) is 5.17. The third kappa shape index (κ3) is 3.60. The van der Waals surface area contributed by atoms with Crippen LogP contribution in [-0.4, -0.2) is 24.1 Å². The standard InChI is InChI=1S/C23H19N3O4/c1-30-21-9-5-4-8-20(21)25-22(24-19-7-3-2-6-18(19)23(25)27)15-12-16-10-13-17(14-11-16)26(28)29/h2-15,22,24H,1H3/b15-12-/t22-/m0/s1. The molecule has 1 amide bonds. The maximum atomic E-state index is 13.3. The Morgan fingerprint density at radius 1 is 1.03 bits per heavy atom. The van der Waals surface area contributed by atoms with Crippen LogP contribution in [0.25, 0.3) is 6.08 Å². The summed E-state index contributed by atoms with van der Waals surface area (Å²) in [6, 6.07) is 20.9. The van der Waals surface area contributed by atoms with Crippen LogP contribution in [0.5, 0.6) is 5.75 Å². The maximum absolute atomic E-state index is 13.3. The van der Waals surface area contributed by atoms with Crippen molar-refractivity contribution in [1.82, 2.24) is 0 Å². The lowest BCUT2D eigenvalue weighted by molar-refractivity contribution is -0.384. The topological polar surface area (TPSA) is 84.7 Å². The predicted molar refractivity (Wildman–Crippen MR) is 116 cm³/mol. The largest absolute Gasteiger partial charge is 0.495 e. The summed E-state index contributed by atoms with van der Waals surface area (Å²) < 4.78 is 5.47. The number of ether oxygens (including phenoxy) is 1. The van der Waals surface area contributed by atoms with Crippen LogP contribution in [0.1, 0.15) is 15.9 Å². The van der Waals surface area contributed by atoms with Gasteiger partial charge in [0.1, 0.15) is 11.9 Å². The summed E-state index contributed by atoms with van der Waals surface area (Å²) in [4.78, 5) is 25.4. The van der Waals surface area contributed by atoms with Gasteiger partial charge in [-0.3, -0.25) is 19.8 Å². The average molecular weight is 401 g/mol. The first-order valence-corrected chi connectivity index (χ1v) is 9.33. The molecule has 0 saturated carbocycles. The van der Waals surface area contributed by atoms with Crippen molar-refractivity contribution in [2.75, 3.05) is 17.3 Å². The number of nitrogens with one attached hydrogen (secondary N) is 1. The number of para-hydroxylation sites is 3. The number of hydrogen-bond acceptors (Lipinski definition) is 5. The number of nitro benzene ring substituents is 1. The summed E-state index contributed by atoms with van der Waals surface area (Å²) >= 11 is 0. The summed E-state index contributed by atoms with van der Waals surface area (Å²) in [5.41, 5.74) is 2.78. The van der Waals surface area contributed by atoms with E-state index in [0.29, 0.717) is 17.0 Å². The molecule has 4 rings (SSSR count). The molecule has 1 atom stereocenters. The zero-order valence-electron chi connectivity index (χ0n) is 16.2. The Labute approximate surface area is 173 Å². The number of carbonyl (C=O) groups is 1. The highest BCUT2D eigenvalue weighted by molar-refractivity contribution is 6.13. The highest BCUT2D eigenvalue weighted by atomic mass is 16.6. The molecular formula is C23H19N3O4. The number of benzene rings is 3. The number of anilines is 2. The van der Waals surface area contributed by atoms with E-state index in [9.17, 15) is 14.9 Å². The van der Waals surface area contributed by atoms with Gasteiger partial charge in [0, 0.05) is 17.8 Å². The van der Waals surface area contributed by atoms with Crippen LogP contribution in [0.2, 0.25) is 0 Å². The van der Waals surface area contributed by atoms with E-state index in [1.54, 1.807) is 36.3 Å². The van der Waals surface area contributed by atoms with Gasteiger partial charge in [-0.1, -0.05) is 30.3 Å². The molecule has 0 fully saturated rings. The lowest BCUT2D eigenvalue weighted by Gasteiger charge is -2.36. The molecule has 3 aromatic rings. The number of fused-ring (bicyclic) bond motifs is 1. The fourth-order valence-electron chi connectivity index (χ4n) is 3.41. The number of nitrogens with zero attached hydrogens (tertiary/aromatic N) is 2. The van der Waals surface area contributed by atoms with E-state index < -0.39 is 11.1 Å². The van der Waals surface area contributed by atoms with E-state index in [-0.39, 0.29) is 11.6 Å². The van der Waals surface area contributed by atoms with Crippen LogP contribution in [0.15, 0.2) is 78.9 Å². The first kappa shape index (κ1) is 19.2. The first-order chi connectivity index (χ1) is 14.6. The second-order valence-corrected chi connectivity index (χ2v) is 6.69. The number of carbonyl (C=O) groups excluding carboxylic acids is 1. The zero-order valence-corrected chi connectivity index (χ0v) is 16.2. The van der Waals surface area contributed by atoms with Gasteiger partial charge in [-0.25, -0.2) is 0 Å². The molecule has 0 spiro atoms. The summed E-state index contributed by atoms with van der Waals surface area (Å²) in [6.45, 7) is 0. The van der Waals surface area contributed by atoms with Crippen molar-refractivity contribution < 1.29 is 14.5 Å². The van der Waals surface area contributed by atoms with Gasteiger partial charge in [-0.2, -0.15) is 0 Å². The molecule has 7 nitrogen and oxygen atoms in total. The number of hydrogen-bond donors (Lipinski definition) is 1. The second-order valence-electron chi connectivity index (χ2n) is 6.69. The van der Waals surface area contributed by atoms with Crippen molar-refractivity contribution in [3.05, 3.63) is 100 Å². The number of methoxy groups -OCH3 is 1. The molecule has 0 radical (unpaired) electrons. The summed E-state index contributed by atoms with van der Waals surface area (Å²) in [5.74, 6) is 0.438. The van der Waals surface area contributed by atoms with Crippen LogP contribution in [0.3, 0.4) is 0 Å². The number of rotatable bonds is 5. The Balaban J connectivity index is 1.73. The Bertz CT molecular complexity index is 1130. The molecule has 0 unspecified atom stereocenters. The van der Waals surface area contributed by atoms with Crippen molar-refractivity contribution >= 4 is 29.0 Å². The first-order valence-electron chi connectivity index (χ1n) is 9.33. The van der Waals surface area contributed by atoms with Gasteiger partial charge in [0.2, 0.25) is 0 Å². The van der Waals surface area contributed by atoms with Crippen molar-refractivity contribution in [3.8, 4) is 5.75 Å². The minimum Gasteiger partial charge on any atom is -0.495 e. The normalized spacial score (nSPS) is 15.6. The van der Waals surface area contributed by atoms with Gasteiger partial charge in [0.15, 0.2) is 0 Å². The highest BCUT2D eigenvalue weighted by Gasteiger charge is 2.33. The fourth-order valence-corrected chi connectivity index (χ4v) is 3.41. The van der Waals surface area contributed by atoms with Crippen molar-refractivity contribution in [2.24, 2.45) is 0 Å². The molecule has 1 aliphatic heterocycles. The third-order valence-electron chi connectivity index (χ3n) is 4.88. The van der Waals surface area contributed by atoms with Crippen LogP contribution in [0, 0.1) is 10.1 Å². The minimum atomic E-state index is -0.473. The lowest BCUT2D eigenvalue weighted by atomic mass is 10.1. The molecule has 1 N–H and O–H groups in total. The van der Waals surface area contributed by atoms with E-state index in [1.165, 1.54) is 12.1 Å². The van der Waals surface area contributed by atoms with Crippen molar-refractivity contribution in [2.45, 2.75) is 6.17 Å². The fraction of sp³-hybridized carbons (Fsp3) is 0.0870. The average Bonchev–Trinajstić information content (AvgIpc) is 2.78. The van der Waals surface area contributed by atoms with Gasteiger partial charge in [0.05, 0.1) is 23.3 Å². The summed E-state index contributed by atoms with van der Waals surface area (Å²) in [7, 11) is 1.57. The lowest BCUT2D eigenvalue weighted by Crippen LogP contribution is -2.48. The molecular weight excluding hydrogens is 382 g/mol. The number of nitro groups is 1. The van der Waals surface area contributed by atoms with E-state index in [2.05, 4.69) is 5.32 Å². The van der Waals surface area contributed by atoms with Crippen LogP contribution < -0.4 is 15.0 Å². The number of non-ortho nitro benzene ring substituents is 1. The van der Waals surface area contributed by atoms with Crippen LogP contribution in [0.4, 0.5) is 17.1 Å². The smallest absolute Gasteiger partial charge is 0.269 e. The molecule has 0 aliphatic carbocycles. The predicted octanol–water partition coefficient (Wildman–Crippen LogP) is 4.72. The highest BCUT2D eigenvalue weighted by Crippen LogP contribution is 2.35. The zero-order chi connectivity index (χ0) is 21.1. The van der Waals surface area contributed by atoms with Gasteiger partial charge >= 0.3 is 0 Å². The molecule has 0 aromatic heterocycles. The van der Waals surface area contributed by atoms with Crippen molar-refractivity contribution in [3.63, 3.8) is 0 Å². The Morgan fingerprint density at radius 3 is 2.47 bits per heavy atom. The molecule has 7 heteroatoms. The molecule has 3 aromatic carbocycles. The van der Waals surface area contributed by atoms with E-state index in [1.807, 2.05) is 48.6 Å².